The van der Waals surface area contributed by atoms with Gasteiger partial charge in [0, 0.05) is 23.7 Å². The van der Waals surface area contributed by atoms with E-state index in [1.54, 1.807) is 20.0 Å². The first kappa shape index (κ1) is 15.3. The molecule has 1 aromatic carbocycles. The lowest BCUT2D eigenvalue weighted by atomic mass is 10.0. The molecule has 1 atom stereocenters. The van der Waals surface area contributed by atoms with E-state index >= 15 is 0 Å². The van der Waals surface area contributed by atoms with Gasteiger partial charge in [0.25, 0.3) is 0 Å². The summed E-state index contributed by atoms with van der Waals surface area (Å²) in [6.45, 7) is 6.11. The Morgan fingerprint density at radius 2 is 1.95 bits per heavy atom. The number of nitrogens with one attached hydrogen (secondary N) is 1. The molecule has 0 bridgehead atoms. The van der Waals surface area contributed by atoms with E-state index in [9.17, 15) is 9.59 Å². The molecule has 2 rings (SSSR count). The summed E-state index contributed by atoms with van der Waals surface area (Å²) in [5.74, 6) is -0.382. The molecule has 0 radical (unpaired) electrons. The Labute approximate surface area is 123 Å². The third-order valence-electron chi connectivity index (χ3n) is 3.95. The van der Waals surface area contributed by atoms with Gasteiger partial charge in [0.1, 0.15) is 0 Å². The summed E-state index contributed by atoms with van der Waals surface area (Å²) in [6.07, 6.45) is 0. The minimum absolute atomic E-state index is 0.0000723. The molecule has 3 N–H and O–H groups in total. The predicted octanol–water partition coefficient (Wildman–Crippen LogP) is 1.45. The first-order valence-corrected chi connectivity index (χ1v) is 6.93. The Bertz CT molecular complexity index is 749. The number of aryl methyl sites for hydroxylation is 2. The van der Waals surface area contributed by atoms with Gasteiger partial charge in [-0.05, 0) is 38.9 Å². The third-order valence-corrected chi connectivity index (χ3v) is 3.95. The number of likely N-dealkylation sites (N-methyl/N-ethyl adjacent to an activating group) is 1. The molecular formula is C16H21N3O2. The third kappa shape index (κ3) is 2.97. The first-order valence-electron chi connectivity index (χ1n) is 6.93. The number of rotatable bonds is 4. The number of fused-ring (bicyclic) bond motifs is 1. The molecular weight excluding hydrogens is 266 g/mol. The fourth-order valence-electron chi connectivity index (χ4n) is 2.42. The van der Waals surface area contributed by atoms with E-state index in [0.717, 1.165) is 27.7 Å². The largest absolute Gasteiger partial charge is 0.368 e. The number of carbonyl (C=O) groups is 1. The fourth-order valence-corrected chi connectivity index (χ4v) is 2.42. The highest BCUT2D eigenvalue weighted by molar-refractivity contribution is 5.84. The number of primary amides is 1. The average molecular weight is 287 g/mol. The van der Waals surface area contributed by atoms with Gasteiger partial charge in [-0.3, -0.25) is 14.5 Å². The van der Waals surface area contributed by atoms with E-state index in [0.29, 0.717) is 6.54 Å². The molecule has 112 valence electrons. The van der Waals surface area contributed by atoms with Crippen molar-refractivity contribution in [2.75, 3.05) is 7.05 Å². The zero-order valence-corrected chi connectivity index (χ0v) is 12.9. The second kappa shape index (κ2) is 5.69. The second-order valence-corrected chi connectivity index (χ2v) is 5.60. The van der Waals surface area contributed by atoms with Gasteiger partial charge in [0.2, 0.25) is 5.91 Å². The molecule has 1 heterocycles. The highest BCUT2D eigenvalue weighted by atomic mass is 16.1. The summed E-state index contributed by atoms with van der Waals surface area (Å²) in [4.78, 5) is 28.7. The summed E-state index contributed by atoms with van der Waals surface area (Å²) in [7, 11) is 1.81. The molecule has 1 amide bonds. The smallest absolute Gasteiger partial charge is 0.234 e. The Kier molecular flexibility index (Phi) is 4.14. The van der Waals surface area contributed by atoms with Crippen LogP contribution in [0.4, 0.5) is 0 Å². The molecule has 0 saturated heterocycles. The van der Waals surface area contributed by atoms with E-state index < -0.39 is 0 Å². The van der Waals surface area contributed by atoms with Crippen LogP contribution < -0.4 is 11.2 Å². The SMILES string of the molecule is Cc1ccc(C)c2c(=O)cc(CN(C)C(C)C(N)=O)[nH]c12. The molecule has 0 saturated carbocycles. The maximum Gasteiger partial charge on any atom is 0.234 e. The van der Waals surface area contributed by atoms with Crippen molar-refractivity contribution in [3.8, 4) is 0 Å². The van der Waals surface area contributed by atoms with Crippen molar-refractivity contribution < 1.29 is 4.79 Å². The number of H-pyrrole nitrogens is 1. The van der Waals surface area contributed by atoms with Gasteiger partial charge in [-0.25, -0.2) is 0 Å². The normalized spacial score (nSPS) is 12.8. The highest BCUT2D eigenvalue weighted by Gasteiger charge is 2.16. The summed E-state index contributed by atoms with van der Waals surface area (Å²) >= 11 is 0. The van der Waals surface area contributed by atoms with E-state index in [-0.39, 0.29) is 17.4 Å². The molecule has 5 heteroatoms. The topological polar surface area (TPSA) is 79.2 Å². The molecule has 21 heavy (non-hydrogen) atoms. The van der Waals surface area contributed by atoms with Crippen LogP contribution >= 0.6 is 0 Å². The summed E-state index contributed by atoms with van der Waals surface area (Å²) in [6, 6.07) is 5.16. The highest BCUT2D eigenvalue weighted by Crippen LogP contribution is 2.18. The van der Waals surface area contributed by atoms with Crippen LogP contribution in [0.15, 0.2) is 23.0 Å². The summed E-state index contributed by atoms with van der Waals surface area (Å²) in [5.41, 5.74) is 8.92. The standard InChI is InChI=1S/C16H21N3O2/c1-9-5-6-10(2)15-14(9)13(20)7-12(18-15)8-19(4)11(3)16(17)21/h5-7,11H,8H2,1-4H3,(H2,17,21)(H,18,20). The zero-order chi connectivity index (χ0) is 15.7. The molecule has 5 nitrogen and oxygen atoms in total. The van der Waals surface area contributed by atoms with E-state index in [1.807, 2.05) is 30.9 Å². The number of carbonyl (C=O) groups excluding carboxylic acids is 1. The Morgan fingerprint density at radius 1 is 1.33 bits per heavy atom. The van der Waals surface area contributed by atoms with E-state index in [2.05, 4.69) is 4.98 Å². The molecule has 0 aliphatic rings. The van der Waals surface area contributed by atoms with Crippen molar-refractivity contribution in [2.24, 2.45) is 5.73 Å². The Balaban J connectivity index is 2.46. The number of hydrogen-bond acceptors (Lipinski definition) is 3. The van der Waals surface area contributed by atoms with Crippen LogP contribution in [-0.4, -0.2) is 28.9 Å². The summed E-state index contributed by atoms with van der Waals surface area (Å²) in [5, 5.41) is 0.726. The maximum atomic E-state index is 12.3. The van der Waals surface area contributed by atoms with Gasteiger partial charge in [0.15, 0.2) is 5.43 Å². The molecule has 0 fully saturated rings. The minimum Gasteiger partial charge on any atom is -0.368 e. The number of pyridine rings is 1. The van der Waals surface area contributed by atoms with Gasteiger partial charge >= 0.3 is 0 Å². The van der Waals surface area contributed by atoms with Crippen LogP contribution in [0.2, 0.25) is 0 Å². The van der Waals surface area contributed by atoms with Crippen molar-refractivity contribution in [3.63, 3.8) is 0 Å². The summed E-state index contributed by atoms with van der Waals surface area (Å²) < 4.78 is 0. The van der Waals surface area contributed by atoms with Crippen LogP contribution in [0.5, 0.6) is 0 Å². The van der Waals surface area contributed by atoms with Crippen molar-refractivity contribution >= 4 is 16.8 Å². The van der Waals surface area contributed by atoms with Crippen LogP contribution in [0.3, 0.4) is 0 Å². The molecule has 0 spiro atoms. The van der Waals surface area contributed by atoms with Gasteiger partial charge in [-0.15, -0.1) is 0 Å². The van der Waals surface area contributed by atoms with Crippen molar-refractivity contribution in [1.29, 1.82) is 0 Å². The second-order valence-electron chi connectivity index (χ2n) is 5.60. The molecule has 0 aliphatic carbocycles. The zero-order valence-electron chi connectivity index (χ0n) is 12.9. The van der Waals surface area contributed by atoms with E-state index in [1.165, 1.54) is 0 Å². The van der Waals surface area contributed by atoms with Gasteiger partial charge < -0.3 is 10.7 Å². The van der Waals surface area contributed by atoms with Crippen LogP contribution in [0, 0.1) is 13.8 Å². The lowest BCUT2D eigenvalue weighted by molar-refractivity contribution is -0.122. The molecule has 1 unspecified atom stereocenters. The molecule has 1 aromatic heterocycles. The van der Waals surface area contributed by atoms with Gasteiger partial charge in [-0.1, -0.05) is 12.1 Å². The van der Waals surface area contributed by atoms with Gasteiger partial charge in [0.05, 0.1) is 11.6 Å². The van der Waals surface area contributed by atoms with Crippen LogP contribution in [0.25, 0.3) is 10.9 Å². The quantitative estimate of drug-likeness (QED) is 0.893. The van der Waals surface area contributed by atoms with Crippen LogP contribution in [0.1, 0.15) is 23.7 Å². The Morgan fingerprint density at radius 3 is 2.57 bits per heavy atom. The first-order chi connectivity index (χ1) is 9.81. The maximum absolute atomic E-state index is 12.3. The predicted molar refractivity (Wildman–Crippen MR) is 84.2 cm³/mol. The van der Waals surface area contributed by atoms with E-state index in [4.69, 9.17) is 5.73 Å². The van der Waals surface area contributed by atoms with Gasteiger partial charge in [-0.2, -0.15) is 0 Å². The number of aromatic nitrogens is 1. The molecule has 2 aromatic rings. The van der Waals surface area contributed by atoms with Crippen molar-refractivity contribution in [3.05, 3.63) is 45.2 Å². The Hall–Kier alpha value is -2.14. The average Bonchev–Trinajstić information content (AvgIpc) is 2.41. The number of hydrogen-bond donors (Lipinski definition) is 2. The monoisotopic (exact) mass is 287 g/mol. The number of aromatic amines is 1. The fraction of sp³-hybridized carbons (Fsp3) is 0.375. The minimum atomic E-state index is -0.386. The lowest BCUT2D eigenvalue weighted by Gasteiger charge is -2.22. The number of nitrogens with two attached hydrogens (primary N) is 1. The number of benzene rings is 1. The number of nitrogens with zero attached hydrogens (tertiary/aromatic N) is 1. The van der Waals surface area contributed by atoms with Crippen molar-refractivity contribution in [2.45, 2.75) is 33.4 Å². The number of amides is 1. The van der Waals surface area contributed by atoms with Crippen molar-refractivity contribution in [1.82, 2.24) is 9.88 Å². The lowest BCUT2D eigenvalue weighted by Crippen LogP contribution is -2.40. The molecule has 0 aliphatic heterocycles. The van der Waals surface area contributed by atoms with Crippen LogP contribution in [-0.2, 0) is 11.3 Å².